The molecular weight excluding hydrogens is 216 g/mol. The summed E-state index contributed by atoms with van der Waals surface area (Å²) in [5.41, 5.74) is 0. The van der Waals surface area contributed by atoms with Gasteiger partial charge in [-0.3, -0.25) is 9.69 Å². The number of hydrogen-bond acceptors (Lipinski definition) is 3. The van der Waals surface area contributed by atoms with Crippen LogP contribution >= 0.6 is 0 Å². The number of hydrogen-bond donors (Lipinski definition) is 2. The quantitative estimate of drug-likeness (QED) is 0.617. The number of likely N-dealkylation sites (N-methyl/N-ethyl adjacent to an activating group) is 2. The minimum atomic E-state index is -1.11. The topological polar surface area (TPSA) is 93.2 Å². The molecule has 16 heavy (non-hydrogen) atoms. The van der Waals surface area contributed by atoms with Gasteiger partial charge in [0.2, 0.25) is 0 Å². The van der Waals surface area contributed by atoms with Crippen molar-refractivity contribution >= 4 is 18.0 Å². The Bertz CT molecular complexity index is 371. The lowest BCUT2D eigenvalue weighted by molar-refractivity contribution is -0.138. The van der Waals surface area contributed by atoms with Crippen molar-refractivity contribution in [3.05, 3.63) is 0 Å². The Morgan fingerprint density at radius 2 is 2.00 bits per heavy atom. The van der Waals surface area contributed by atoms with Crippen molar-refractivity contribution in [2.24, 2.45) is 0 Å². The molecule has 0 aromatic heterocycles. The number of nitrogens with zero attached hydrogens (tertiary/aromatic N) is 3. The molecule has 2 aliphatic rings. The number of carboxylic acids is 1. The van der Waals surface area contributed by atoms with Crippen molar-refractivity contribution in [1.29, 1.82) is 0 Å². The first-order chi connectivity index (χ1) is 7.43. The van der Waals surface area contributed by atoms with E-state index in [0.717, 1.165) is 4.90 Å². The van der Waals surface area contributed by atoms with Gasteiger partial charge in [0, 0.05) is 14.1 Å². The van der Waals surface area contributed by atoms with Gasteiger partial charge in [-0.15, -0.1) is 0 Å². The summed E-state index contributed by atoms with van der Waals surface area (Å²) < 4.78 is 0. The lowest BCUT2D eigenvalue weighted by Crippen LogP contribution is -2.46. The summed E-state index contributed by atoms with van der Waals surface area (Å²) in [6.07, 6.45) is -1.04. The predicted octanol–water partition coefficient (Wildman–Crippen LogP) is -1.25. The third-order valence-corrected chi connectivity index (χ3v) is 2.86. The molecule has 2 saturated heterocycles. The molecule has 2 heterocycles. The molecule has 2 rings (SSSR count). The van der Waals surface area contributed by atoms with Gasteiger partial charge in [0.25, 0.3) is 0 Å². The molecule has 0 bridgehead atoms. The van der Waals surface area contributed by atoms with Gasteiger partial charge in [0.1, 0.15) is 18.9 Å². The summed E-state index contributed by atoms with van der Waals surface area (Å²) in [5, 5.41) is 11.3. The van der Waals surface area contributed by atoms with Crippen molar-refractivity contribution in [2.45, 2.75) is 12.3 Å². The van der Waals surface area contributed by atoms with Gasteiger partial charge in [-0.25, -0.2) is 9.59 Å². The molecule has 0 aliphatic carbocycles. The standard InChI is InChI=1S/C8H12N4O4/c1-10-5-6(11(2)8(10)16)12(3-4(13)14)7(15)9-5/h5-6H,3H2,1-2H3,(H,9,15)(H,13,14)/t5-,6-/m0/s1. The van der Waals surface area contributed by atoms with Crippen molar-refractivity contribution in [3.8, 4) is 0 Å². The molecular formula is C8H12N4O4. The van der Waals surface area contributed by atoms with Crippen LogP contribution in [0.3, 0.4) is 0 Å². The molecule has 0 unspecified atom stereocenters. The van der Waals surface area contributed by atoms with Crippen LogP contribution in [0.25, 0.3) is 0 Å². The maximum atomic E-state index is 11.6. The second-order valence-electron chi connectivity index (χ2n) is 3.83. The van der Waals surface area contributed by atoms with Crippen LogP contribution in [0, 0.1) is 0 Å². The van der Waals surface area contributed by atoms with Crippen LogP contribution in [-0.4, -0.2) is 70.8 Å². The molecule has 0 aromatic carbocycles. The van der Waals surface area contributed by atoms with Gasteiger partial charge in [-0.1, -0.05) is 0 Å². The van der Waals surface area contributed by atoms with E-state index in [2.05, 4.69) is 5.32 Å². The Morgan fingerprint density at radius 1 is 1.38 bits per heavy atom. The zero-order chi connectivity index (χ0) is 12.0. The van der Waals surface area contributed by atoms with Gasteiger partial charge in [0.15, 0.2) is 0 Å². The Hall–Kier alpha value is -1.99. The molecule has 0 aromatic rings. The van der Waals surface area contributed by atoms with Crippen LogP contribution in [0.5, 0.6) is 0 Å². The fourth-order valence-corrected chi connectivity index (χ4v) is 2.08. The number of carbonyl (C=O) groups is 3. The molecule has 8 heteroatoms. The first-order valence-electron chi connectivity index (χ1n) is 4.72. The summed E-state index contributed by atoms with van der Waals surface area (Å²) in [5.74, 6) is -1.11. The van der Waals surface area contributed by atoms with Gasteiger partial charge in [0.05, 0.1) is 0 Å². The van der Waals surface area contributed by atoms with Crippen LogP contribution in [-0.2, 0) is 4.79 Å². The van der Waals surface area contributed by atoms with E-state index in [-0.39, 0.29) is 6.03 Å². The summed E-state index contributed by atoms with van der Waals surface area (Å²) in [7, 11) is 3.10. The van der Waals surface area contributed by atoms with E-state index in [1.165, 1.54) is 9.80 Å². The minimum absolute atomic E-state index is 0.245. The first kappa shape index (κ1) is 10.5. The van der Waals surface area contributed by atoms with Crippen molar-refractivity contribution < 1.29 is 19.5 Å². The van der Waals surface area contributed by atoms with Gasteiger partial charge in [-0.2, -0.15) is 0 Å². The highest BCUT2D eigenvalue weighted by molar-refractivity contribution is 5.87. The molecule has 2 aliphatic heterocycles. The van der Waals surface area contributed by atoms with Crippen LogP contribution in [0.1, 0.15) is 0 Å². The molecule has 0 radical (unpaired) electrons. The van der Waals surface area contributed by atoms with E-state index >= 15 is 0 Å². The highest BCUT2D eigenvalue weighted by atomic mass is 16.4. The lowest BCUT2D eigenvalue weighted by Gasteiger charge is -2.24. The zero-order valence-electron chi connectivity index (χ0n) is 8.88. The van der Waals surface area contributed by atoms with E-state index in [0.29, 0.717) is 0 Å². The summed E-state index contributed by atoms with van der Waals surface area (Å²) in [4.78, 5) is 37.6. The number of aliphatic carboxylic acids is 1. The van der Waals surface area contributed by atoms with Gasteiger partial charge >= 0.3 is 18.0 Å². The molecule has 8 nitrogen and oxygen atoms in total. The summed E-state index contributed by atoms with van der Waals surface area (Å²) in [6, 6.07) is -0.714. The smallest absolute Gasteiger partial charge is 0.323 e. The Morgan fingerprint density at radius 3 is 2.56 bits per heavy atom. The molecule has 4 amide bonds. The number of carbonyl (C=O) groups excluding carboxylic acids is 2. The molecule has 2 fully saturated rings. The average molecular weight is 228 g/mol. The van der Waals surface area contributed by atoms with E-state index in [4.69, 9.17) is 5.11 Å². The predicted molar refractivity (Wildman–Crippen MR) is 51.4 cm³/mol. The van der Waals surface area contributed by atoms with Crippen molar-refractivity contribution in [2.75, 3.05) is 20.6 Å². The number of fused-ring (bicyclic) bond motifs is 1. The van der Waals surface area contributed by atoms with Crippen LogP contribution in [0.15, 0.2) is 0 Å². The van der Waals surface area contributed by atoms with Crippen LogP contribution in [0.4, 0.5) is 9.59 Å². The second kappa shape index (κ2) is 3.26. The summed E-state index contributed by atoms with van der Waals surface area (Å²) in [6.45, 7) is -0.418. The third-order valence-electron chi connectivity index (χ3n) is 2.86. The molecule has 2 N–H and O–H groups in total. The highest BCUT2D eigenvalue weighted by Crippen LogP contribution is 2.25. The molecule has 88 valence electrons. The number of carboxylic acid groups (broad SMARTS) is 1. The van der Waals surface area contributed by atoms with E-state index in [9.17, 15) is 14.4 Å². The van der Waals surface area contributed by atoms with E-state index in [1.54, 1.807) is 14.1 Å². The molecule has 0 spiro atoms. The van der Waals surface area contributed by atoms with Crippen LogP contribution in [0.2, 0.25) is 0 Å². The Balaban J connectivity index is 2.25. The molecule has 2 atom stereocenters. The first-order valence-corrected chi connectivity index (χ1v) is 4.72. The Kier molecular flexibility index (Phi) is 2.14. The number of rotatable bonds is 2. The Labute approximate surface area is 91.4 Å². The SMILES string of the molecule is CN1C(=O)N(C)[C@@H]2[C@H]1NC(=O)N2CC(=O)O. The zero-order valence-corrected chi connectivity index (χ0v) is 8.88. The van der Waals surface area contributed by atoms with Crippen molar-refractivity contribution in [1.82, 2.24) is 20.0 Å². The summed E-state index contributed by atoms with van der Waals surface area (Å²) >= 11 is 0. The van der Waals surface area contributed by atoms with Gasteiger partial charge in [-0.05, 0) is 0 Å². The fourth-order valence-electron chi connectivity index (χ4n) is 2.08. The normalized spacial score (nSPS) is 28.5. The van der Waals surface area contributed by atoms with Crippen molar-refractivity contribution in [3.63, 3.8) is 0 Å². The van der Waals surface area contributed by atoms with Gasteiger partial charge < -0.3 is 20.2 Å². The second-order valence-corrected chi connectivity index (χ2v) is 3.83. The monoisotopic (exact) mass is 228 g/mol. The number of amides is 4. The minimum Gasteiger partial charge on any atom is -0.480 e. The highest BCUT2D eigenvalue weighted by Gasteiger charge is 2.52. The number of urea groups is 2. The van der Waals surface area contributed by atoms with Crippen LogP contribution < -0.4 is 5.32 Å². The average Bonchev–Trinajstić information content (AvgIpc) is 2.61. The maximum absolute atomic E-state index is 11.6. The fraction of sp³-hybridized carbons (Fsp3) is 0.625. The maximum Gasteiger partial charge on any atom is 0.323 e. The third kappa shape index (κ3) is 1.26. The number of nitrogens with one attached hydrogen (secondary N) is 1. The van der Waals surface area contributed by atoms with E-state index < -0.39 is 30.9 Å². The lowest BCUT2D eigenvalue weighted by atomic mass is 10.3. The largest absolute Gasteiger partial charge is 0.480 e. The molecule has 0 saturated carbocycles. The van der Waals surface area contributed by atoms with E-state index in [1.807, 2.05) is 0 Å².